The first kappa shape index (κ1) is 18.6. The van der Waals surface area contributed by atoms with Crippen LogP contribution in [0.3, 0.4) is 0 Å². The predicted molar refractivity (Wildman–Crippen MR) is 97.4 cm³/mol. The van der Waals surface area contributed by atoms with Crippen LogP contribution in [0.1, 0.15) is 30.5 Å². The highest BCUT2D eigenvalue weighted by atomic mass is 16.5. The largest absolute Gasteiger partial charge is 0.497 e. The van der Waals surface area contributed by atoms with Gasteiger partial charge < -0.3 is 19.5 Å². The van der Waals surface area contributed by atoms with Gasteiger partial charge in [-0.2, -0.15) is 0 Å². The minimum absolute atomic E-state index is 0.0787. The van der Waals surface area contributed by atoms with Crippen LogP contribution >= 0.6 is 0 Å². The van der Waals surface area contributed by atoms with Crippen LogP contribution in [0.25, 0.3) is 0 Å². The van der Waals surface area contributed by atoms with Crippen molar-refractivity contribution in [3.05, 3.63) is 53.6 Å². The number of methoxy groups -OCH3 is 2. The number of ether oxygens (including phenoxy) is 3. The molecule has 0 bridgehead atoms. The third-order valence-electron chi connectivity index (χ3n) is 3.87. The molecule has 2 aromatic rings. The van der Waals surface area contributed by atoms with E-state index < -0.39 is 0 Å². The highest BCUT2D eigenvalue weighted by molar-refractivity contribution is 5.76. The molecule has 5 heteroatoms. The minimum Gasteiger partial charge on any atom is -0.497 e. The van der Waals surface area contributed by atoms with Crippen molar-refractivity contribution in [1.82, 2.24) is 5.32 Å². The Morgan fingerprint density at radius 3 is 2.56 bits per heavy atom. The van der Waals surface area contributed by atoms with Crippen LogP contribution in [-0.2, 0) is 4.79 Å². The number of nitrogens with one attached hydrogen (secondary N) is 1. The molecule has 0 aliphatic rings. The van der Waals surface area contributed by atoms with Gasteiger partial charge in [-0.05, 0) is 49.7 Å². The summed E-state index contributed by atoms with van der Waals surface area (Å²) in [4.78, 5) is 12.2. The van der Waals surface area contributed by atoms with E-state index in [4.69, 9.17) is 14.2 Å². The lowest BCUT2D eigenvalue weighted by atomic mass is 10.1. The summed E-state index contributed by atoms with van der Waals surface area (Å²) < 4.78 is 16.2. The summed E-state index contributed by atoms with van der Waals surface area (Å²) in [6, 6.07) is 13.1. The van der Waals surface area contributed by atoms with Gasteiger partial charge in [0.15, 0.2) is 0 Å². The molecule has 2 aromatic carbocycles. The maximum atomic E-state index is 12.2. The number of benzene rings is 2. The van der Waals surface area contributed by atoms with Gasteiger partial charge in [0.1, 0.15) is 17.2 Å². The fourth-order valence-corrected chi connectivity index (χ4v) is 2.54. The zero-order valence-electron chi connectivity index (χ0n) is 15.2. The number of carbonyl (C=O) groups is 1. The first-order valence-corrected chi connectivity index (χ1v) is 8.24. The molecule has 0 aromatic heterocycles. The Balaban J connectivity index is 1.89. The van der Waals surface area contributed by atoms with Gasteiger partial charge in [-0.15, -0.1) is 0 Å². The Kier molecular flexibility index (Phi) is 6.69. The molecule has 0 aliphatic carbocycles. The summed E-state index contributed by atoms with van der Waals surface area (Å²) in [5.41, 5.74) is 2.00. The monoisotopic (exact) mass is 343 g/mol. The Labute approximate surface area is 148 Å². The number of hydrogen-bond donors (Lipinski definition) is 1. The SMILES string of the molecule is COc1ccc(OC)c([C@H](C)NC(=O)CCOc2cccc(C)c2)c1. The van der Waals surface area contributed by atoms with Crippen LogP contribution in [0, 0.1) is 6.92 Å². The van der Waals surface area contributed by atoms with Gasteiger partial charge >= 0.3 is 0 Å². The van der Waals surface area contributed by atoms with Crippen molar-refractivity contribution in [3.8, 4) is 17.2 Å². The molecule has 0 fully saturated rings. The Bertz CT molecular complexity index is 715. The number of hydrogen-bond acceptors (Lipinski definition) is 4. The molecule has 5 nitrogen and oxygen atoms in total. The summed E-state index contributed by atoms with van der Waals surface area (Å²) in [5.74, 6) is 2.13. The smallest absolute Gasteiger partial charge is 0.223 e. The first-order valence-electron chi connectivity index (χ1n) is 8.24. The molecule has 0 saturated heterocycles. The standard InChI is InChI=1S/C20H25NO4/c1-14-6-5-7-17(12-14)25-11-10-20(22)21-15(2)18-13-16(23-3)8-9-19(18)24-4/h5-9,12-13,15H,10-11H2,1-4H3,(H,21,22)/t15-/m0/s1. The molecular weight excluding hydrogens is 318 g/mol. The summed E-state index contributed by atoms with van der Waals surface area (Å²) in [7, 11) is 3.22. The number of carbonyl (C=O) groups excluding carboxylic acids is 1. The fourth-order valence-electron chi connectivity index (χ4n) is 2.54. The number of aryl methyl sites for hydroxylation is 1. The van der Waals surface area contributed by atoms with Crippen molar-refractivity contribution >= 4 is 5.91 Å². The van der Waals surface area contributed by atoms with Crippen LogP contribution in [0.5, 0.6) is 17.2 Å². The topological polar surface area (TPSA) is 56.8 Å². The lowest BCUT2D eigenvalue weighted by molar-refractivity contribution is -0.122. The second-order valence-corrected chi connectivity index (χ2v) is 5.81. The van der Waals surface area contributed by atoms with E-state index in [0.29, 0.717) is 12.4 Å². The molecule has 0 saturated carbocycles. The molecule has 2 rings (SSSR count). The summed E-state index contributed by atoms with van der Waals surface area (Å²) in [6.45, 7) is 4.25. The van der Waals surface area contributed by atoms with Crippen LogP contribution in [-0.4, -0.2) is 26.7 Å². The van der Waals surface area contributed by atoms with Crippen LogP contribution in [0.4, 0.5) is 0 Å². The predicted octanol–water partition coefficient (Wildman–Crippen LogP) is 3.66. The molecule has 1 N–H and O–H groups in total. The van der Waals surface area contributed by atoms with Gasteiger partial charge in [0.05, 0.1) is 33.3 Å². The average molecular weight is 343 g/mol. The first-order chi connectivity index (χ1) is 12.0. The van der Waals surface area contributed by atoms with E-state index in [1.165, 1.54) is 0 Å². The van der Waals surface area contributed by atoms with E-state index in [9.17, 15) is 4.79 Å². The van der Waals surface area contributed by atoms with E-state index in [2.05, 4.69) is 5.32 Å². The highest BCUT2D eigenvalue weighted by Gasteiger charge is 2.15. The molecule has 1 amide bonds. The van der Waals surface area contributed by atoms with Gasteiger partial charge in [-0.1, -0.05) is 12.1 Å². The third kappa shape index (κ3) is 5.41. The maximum absolute atomic E-state index is 12.2. The lowest BCUT2D eigenvalue weighted by Gasteiger charge is -2.18. The van der Waals surface area contributed by atoms with Gasteiger partial charge in [0.2, 0.25) is 5.91 Å². The molecule has 0 spiro atoms. The summed E-state index contributed by atoms with van der Waals surface area (Å²) in [5, 5.41) is 2.97. The third-order valence-corrected chi connectivity index (χ3v) is 3.87. The molecule has 0 aliphatic heterocycles. The molecule has 0 unspecified atom stereocenters. The van der Waals surface area contributed by atoms with Crippen molar-refractivity contribution in [2.75, 3.05) is 20.8 Å². The van der Waals surface area contributed by atoms with E-state index in [-0.39, 0.29) is 18.4 Å². The lowest BCUT2D eigenvalue weighted by Crippen LogP contribution is -2.28. The maximum Gasteiger partial charge on any atom is 0.223 e. The van der Waals surface area contributed by atoms with Crippen molar-refractivity contribution < 1.29 is 19.0 Å². The van der Waals surface area contributed by atoms with Crippen molar-refractivity contribution in [1.29, 1.82) is 0 Å². The zero-order valence-corrected chi connectivity index (χ0v) is 15.2. The summed E-state index contributed by atoms with van der Waals surface area (Å²) >= 11 is 0. The Hall–Kier alpha value is -2.69. The zero-order chi connectivity index (χ0) is 18.2. The van der Waals surface area contributed by atoms with Crippen LogP contribution in [0.2, 0.25) is 0 Å². The molecule has 1 atom stereocenters. The average Bonchev–Trinajstić information content (AvgIpc) is 2.61. The number of rotatable bonds is 8. The van der Waals surface area contributed by atoms with Gasteiger partial charge in [0, 0.05) is 5.56 Å². The van der Waals surface area contributed by atoms with E-state index in [0.717, 1.165) is 22.6 Å². The molecule has 134 valence electrons. The summed E-state index contributed by atoms with van der Waals surface area (Å²) in [6.07, 6.45) is 0.282. The Morgan fingerprint density at radius 1 is 1.08 bits per heavy atom. The fraction of sp³-hybridized carbons (Fsp3) is 0.350. The van der Waals surface area contributed by atoms with Crippen molar-refractivity contribution in [2.45, 2.75) is 26.3 Å². The van der Waals surface area contributed by atoms with E-state index in [1.54, 1.807) is 14.2 Å². The molecule has 0 radical (unpaired) electrons. The van der Waals surface area contributed by atoms with Crippen LogP contribution < -0.4 is 19.5 Å². The second-order valence-electron chi connectivity index (χ2n) is 5.81. The molecule has 0 heterocycles. The van der Waals surface area contributed by atoms with Crippen LogP contribution in [0.15, 0.2) is 42.5 Å². The second kappa shape index (κ2) is 8.97. The van der Waals surface area contributed by atoms with Gasteiger partial charge in [-0.3, -0.25) is 4.79 Å². The molecular formula is C20H25NO4. The highest BCUT2D eigenvalue weighted by Crippen LogP contribution is 2.29. The molecule has 25 heavy (non-hydrogen) atoms. The van der Waals surface area contributed by atoms with Gasteiger partial charge in [0.25, 0.3) is 0 Å². The quantitative estimate of drug-likeness (QED) is 0.795. The minimum atomic E-state index is -0.198. The van der Waals surface area contributed by atoms with E-state index in [1.807, 2.05) is 56.3 Å². The Morgan fingerprint density at radius 2 is 1.88 bits per heavy atom. The van der Waals surface area contributed by atoms with Gasteiger partial charge in [-0.25, -0.2) is 0 Å². The number of amides is 1. The van der Waals surface area contributed by atoms with E-state index >= 15 is 0 Å². The van der Waals surface area contributed by atoms with Crippen molar-refractivity contribution in [3.63, 3.8) is 0 Å². The normalized spacial score (nSPS) is 11.5. The van der Waals surface area contributed by atoms with Crippen molar-refractivity contribution in [2.24, 2.45) is 0 Å².